The van der Waals surface area contributed by atoms with Crippen LogP contribution in [-0.2, 0) is 6.42 Å². The normalized spacial score (nSPS) is 21.3. The lowest BCUT2D eigenvalue weighted by atomic mass is 9.59. The van der Waals surface area contributed by atoms with Crippen LogP contribution in [0.15, 0.2) is 42.5 Å². The van der Waals surface area contributed by atoms with Gasteiger partial charge in [-0.25, -0.2) is 0 Å². The van der Waals surface area contributed by atoms with E-state index in [1.165, 1.54) is 12.8 Å². The van der Waals surface area contributed by atoms with E-state index in [1.54, 1.807) is 45.6 Å². The Kier molecular flexibility index (Phi) is 7.69. The summed E-state index contributed by atoms with van der Waals surface area (Å²) in [6.07, 6.45) is 11.7. The lowest BCUT2D eigenvalue weighted by molar-refractivity contribution is -0.0827. The standard InChI is InChI=1S/C35H40O6/c1-34(2)14-7-15-35(3)32(34)21-25-16-23(20-31(40-6)33(25)41-35)8-9-24-17-27(36)26(28(37)18-24)12-10-22-11-13-29(38-4)30(19-22)39-5/h8-13,16-20,32,36-37H,7,14-15,21H2,1-6H3/b9-8+,12-10+/t32-,35-/m1/s1. The summed E-state index contributed by atoms with van der Waals surface area (Å²) in [4.78, 5) is 0. The Morgan fingerprint density at radius 2 is 1.34 bits per heavy atom. The Labute approximate surface area is 242 Å². The van der Waals surface area contributed by atoms with Crippen LogP contribution in [0.4, 0.5) is 0 Å². The molecule has 2 aliphatic rings. The fourth-order valence-electron chi connectivity index (χ4n) is 6.58. The van der Waals surface area contributed by atoms with Gasteiger partial charge in [0.1, 0.15) is 17.1 Å². The van der Waals surface area contributed by atoms with Gasteiger partial charge >= 0.3 is 0 Å². The van der Waals surface area contributed by atoms with E-state index in [1.807, 2.05) is 36.4 Å². The van der Waals surface area contributed by atoms with Gasteiger partial charge in [-0.05, 0) is 103 Å². The number of hydrogen-bond acceptors (Lipinski definition) is 6. The van der Waals surface area contributed by atoms with Gasteiger partial charge in [-0.15, -0.1) is 0 Å². The number of phenolic OH excluding ortho intramolecular Hbond substituents is 2. The first kappa shape index (κ1) is 28.5. The maximum absolute atomic E-state index is 10.7. The number of ether oxygens (including phenoxy) is 4. The monoisotopic (exact) mass is 556 g/mol. The van der Waals surface area contributed by atoms with Gasteiger partial charge in [-0.2, -0.15) is 0 Å². The topological polar surface area (TPSA) is 77.4 Å². The van der Waals surface area contributed by atoms with Crippen LogP contribution in [0.25, 0.3) is 24.3 Å². The Hall–Kier alpha value is -4.06. The lowest BCUT2D eigenvalue weighted by Gasteiger charge is -2.53. The zero-order valence-electron chi connectivity index (χ0n) is 24.8. The van der Waals surface area contributed by atoms with Crippen molar-refractivity contribution in [1.29, 1.82) is 0 Å². The molecule has 1 saturated carbocycles. The molecule has 1 heterocycles. The molecule has 5 rings (SSSR count). The molecule has 2 atom stereocenters. The highest BCUT2D eigenvalue weighted by molar-refractivity contribution is 5.80. The average molecular weight is 557 g/mol. The number of aromatic hydroxyl groups is 2. The van der Waals surface area contributed by atoms with Crippen molar-refractivity contribution in [3.63, 3.8) is 0 Å². The van der Waals surface area contributed by atoms with Crippen LogP contribution in [0.1, 0.15) is 67.9 Å². The summed E-state index contributed by atoms with van der Waals surface area (Å²) in [5, 5.41) is 21.5. The minimum Gasteiger partial charge on any atom is -0.507 e. The number of phenols is 2. The van der Waals surface area contributed by atoms with Crippen molar-refractivity contribution in [1.82, 2.24) is 0 Å². The predicted molar refractivity (Wildman–Crippen MR) is 164 cm³/mol. The molecule has 6 nitrogen and oxygen atoms in total. The molecule has 0 saturated heterocycles. The molecule has 3 aromatic carbocycles. The molecular formula is C35H40O6. The first-order chi connectivity index (χ1) is 19.6. The van der Waals surface area contributed by atoms with Gasteiger partial charge in [0.25, 0.3) is 0 Å². The number of benzene rings is 3. The van der Waals surface area contributed by atoms with Crippen molar-refractivity contribution < 1.29 is 29.2 Å². The predicted octanol–water partition coefficient (Wildman–Crippen LogP) is 7.98. The van der Waals surface area contributed by atoms with Crippen LogP contribution < -0.4 is 18.9 Å². The van der Waals surface area contributed by atoms with Crippen molar-refractivity contribution >= 4 is 24.3 Å². The second kappa shape index (κ2) is 11.1. The first-order valence-electron chi connectivity index (χ1n) is 14.1. The molecule has 0 unspecified atom stereocenters. The van der Waals surface area contributed by atoms with Crippen molar-refractivity contribution in [3.8, 4) is 34.5 Å². The van der Waals surface area contributed by atoms with Crippen LogP contribution in [-0.4, -0.2) is 37.1 Å². The number of rotatable bonds is 7. The molecule has 0 amide bonds. The molecule has 41 heavy (non-hydrogen) atoms. The molecule has 1 aliphatic heterocycles. The number of fused-ring (bicyclic) bond motifs is 2. The van der Waals surface area contributed by atoms with E-state index in [0.717, 1.165) is 41.0 Å². The average Bonchev–Trinajstić information content (AvgIpc) is 2.94. The molecule has 216 valence electrons. The van der Waals surface area contributed by atoms with Gasteiger partial charge in [0.15, 0.2) is 23.0 Å². The molecule has 1 aliphatic carbocycles. The Morgan fingerprint density at radius 3 is 2.00 bits per heavy atom. The van der Waals surface area contributed by atoms with Crippen molar-refractivity contribution in [2.45, 2.75) is 52.1 Å². The van der Waals surface area contributed by atoms with E-state index in [2.05, 4.69) is 26.8 Å². The summed E-state index contributed by atoms with van der Waals surface area (Å²) in [7, 11) is 4.84. The lowest BCUT2D eigenvalue weighted by Crippen LogP contribution is -2.54. The van der Waals surface area contributed by atoms with Gasteiger partial charge < -0.3 is 29.2 Å². The third kappa shape index (κ3) is 5.61. The Morgan fingerprint density at radius 1 is 0.732 bits per heavy atom. The quantitative estimate of drug-likeness (QED) is 0.287. The van der Waals surface area contributed by atoms with Crippen molar-refractivity contribution in [2.75, 3.05) is 21.3 Å². The molecule has 6 heteroatoms. The van der Waals surface area contributed by atoms with Gasteiger partial charge in [-0.1, -0.05) is 38.1 Å². The van der Waals surface area contributed by atoms with Crippen molar-refractivity contribution in [2.24, 2.45) is 11.3 Å². The highest BCUT2D eigenvalue weighted by Crippen LogP contribution is 2.54. The summed E-state index contributed by atoms with van der Waals surface area (Å²) in [6.45, 7) is 6.96. The summed E-state index contributed by atoms with van der Waals surface area (Å²) in [6, 6.07) is 12.9. The zero-order valence-corrected chi connectivity index (χ0v) is 24.8. The van der Waals surface area contributed by atoms with E-state index < -0.39 is 0 Å². The molecule has 1 fully saturated rings. The fourth-order valence-corrected chi connectivity index (χ4v) is 6.58. The van der Waals surface area contributed by atoms with Crippen molar-refractivity contribution in [3.05, 3.63) is 70.3 Å². The van der Waals surface area contributed by atoms with Gasteiger partial charge in [-0.3, -0.25) is 0 Å². The molecular weight excluding hydrogens is 516 g/mol. The molecule has 0 radical (unpaired) electrons. The summed E-state index contributed by atoms with van der Waals surface area (Å²) in [5.41, 5.74) is 3.99. The third-order valence-electron chi connectivity index (χ3n) is 8.78. The maximum atomic E-state index is 10.7. The number of hydrogen-bond donors (Lipinski definition) is 2. The Balaban J connectivity index is 1.39. The molecule has 3 aromatic rings. The van der Waals surface area contributed by atoms with E-state index in [0.29, 0.717) is 28.5 Å². The van der Waals surface area contributed by atoms with E-state index in [9.17, 15) is 10.2 Å². The maximum Gasteiger partial charge on any atom is 0.165 e. The van der Waals surface area contributed by atoms with Gasteiger partial charge in [0, 0.05) is 5.92 Å². The highest BCUT2D eigenvalue weighted by atomic mass is 16.5. The summed E-state index contributed by atoms with van der Waals surface area (Å²) >= 11 is 0. The molecule has 2 N–H and O–H groups in total. The second-order valence-electron chi connectivity index (χ2n) is 12.0. The third-order valence-corrected chi connectivity index (χ3v) is 8.78. The van der Waals surface area contributed by atoms with Crippen LogP contribution in [0.2, 0.25) is 0 Å². The van der Waals surface area contributed by atoms with Gasteiger partial charge in [0.05, 0.1) is 26.9 Å². The van der Waals surface area contributed by atoms with Crippen LogP contribution >= 0.6 is 0 Å². The Bertz CT molecular complexity index is 1480. The summed E-state index contributed by atoms with van der Waals surface area (Å²) in [5.74, 6) is 3.20. The van der Waals surface area contributed by atoms with Gasteiger partial charge in [0.2, 0.25) is 0 Å². The SMILES string of the molecule is COc1ccc(/C=C/c2c(O)cc(/C=C/c3cc4c(c(OC)c3)O[C@]3(C)CCCC(C)(C)[C@H]3C4)cc2O)cc1OC. The molecule has 0 bridgehead atoms. The van der Waals surface area contributed by atoms with E-state index in [4.69, 9.17) is 18.9 Å². The van der Waals surface area contributed by atoms with Crippen LogP contribution in [0.5, 0.6) is 34.5 Å². The van der Waals surface area contributed by atoms with Crippen LogP contribution in [0, 0.1) is 11.3 Å². The first-order valence-corrected chi connectivity index (χ1v) is 14.1. The van der Waals surface area contributed by atoms with Crippen LogP contribution in [0.3, 0.4) is 0 Å². The smallest absolute Gasteiger partial charge is 0.165 e. The summed E-state index contributed by atoms with van der Waals surface area (Å²) < 4.78 is 23.1. The fraction of sp³-hybridized carbons (Fsp3) is 0.371. The highest BCUT2D eigenvalue weighted by Gasteiger charge is 2.51. The number of methoxy groups -OCH3 is 3. The molecule has 0 aromatic heterocycles. The minimum atomic E-state index is -0.190. The largest absolute Gasteiger partial charge is 0.507 e. The minimum absolute atomic E-state index is 0.0170. The zero-order chi connectivity index (χ0) is 29.4. The second-order valence-corrected chi connectivity index (χ2v) is 12.0. The molecule has 0 spiro atoms. The van der Waals surface area contributed by atoms with E-state index >= 15 is 0 Å². The van der Waals surface area contributed by atoms with E-state index in [-0.39, 0.29) is 22.5 Å².